The highest BCUT2D eigenvalue weighted by Gasteiger charge is 2.27. The van der Waals surface area contributed by atoms with Gasteiger partial charge in [0.15, 0.2) is 0 Å². The number of allylic oxidation sites excluding steroid dienone is 1. The molecule has 2 aromatic rings. The van der Waals surface area contributed by atoms with Gasteiger partial charge in [0.1, 0.15) is 5.75 Å². The molecule has 1 aliphatic carbocycles. The SMILES string of the molecule is C=C(CC)C1CCC(NC(=O)c2cnc(C)c(N(CCCC)Cc3cc(O)ccc3P)c2)C1.CC. The number of nitrogens with one attached hydrogen (secondary N) is 1. The fourth-order valence-electron chi connectivity index (χ4n) is 4.57. The molecule has 0 radical (unpaired) electrons. The number of phenols is 1. The van der Waals surface area contributed by atoms with Gasteiger partial charge in [0.05, 0.1) is 16.9 Å². The molecule has 3 unspecified atom stereocenters. The second-order valence-corrected chi connectivity index (χ2v) is 9.80. The van der Waals surface area contributed by atoms with Crippen LogP contribution >= 0.6 is 9.24 Å². The fraction of sp³-hybridized carbons (Fsp3) is 0.517. The average Bonchev–Trinajstić information content (AvgIpc) is 3.33. The maximum Gasteiger partial charge on any atom is 0.253 e. The van der Waals surface area contributed by atoms with Crippen molar-refractivity contribution in [3.63, 3.8) is 0 Å². The van der Waals surface area contributed by atoms with Gasteiger partial charge in [0.25, 0.3) is 5.91 Å². The molecule has 1 aromatic carbocycles. The van der Waals surface area contributed by atoms with E-state index in [-0.39, 0.29) is 17.7 Å². The molecular formula is C29H44N3O2P. The number of aromatic nitrogens is 1. The summed E-state index contributed by atoms with van der Waals surface area (Å²) in [6.07, 6.45) is 7.86. The van der Waals surface area contributed by atoms with E-state index in [2.05, 4.69) is 44.9 Å². The van der Waals surface area contributed by atoms with Gasteiger partial charge in [-0.3, -0.25) is 9.78 Å². The first-order valence-electron chi connectivity index (χ1n) is 13.1. The monoisotopic (exact) mass is 497 g/mol. The minimum absolute atomic E-state index is 0.0592. The molecule has 35 heavy (non-hydrogen) atoms. The predicted octanol–water partition coefficient (Wildman–Crippen LogP) is 6.29. The molecule has 0 spiro atoms. The summed E-state index contributed by atoms with van der Waals surface area (Å²) in [5, 5.41) is 14.3. The first kappa shape index (κ1) is 28.8. The third-order valence-corrected chi connectivity index (χ3v) is 7.29. The smallest absolute Gasteiger partial charge is 0.253 e. The summed E-state index contributed by atoms with van der Waals surface area (Å²) in [5.74, 6) is 0.714. The number of unbranched alkanes of at least 4 members (excludes halogenated alkanes) is 1. The van der Waals surface area contributed by atoms with E-state index in [1.807, 2.05) is 32.9 Å². The molecule has 1 heterocycles. The van der Waals surface area contributed by atoms with E-state index in [0.717, 1.165) is 67.3 Å². The lowest BCUT2D eigenvalue weighted by atomic mass is 9.97. The van der Waals surface area contributed by atoms with Crippen molar-refractivity contribution in [3.05, 3.63) is 59.4 Å². The van der Waals surface area contributed by atoms with Crippen molar-refractivity contribution < 1.29 is 9.90 Å². The standard InChI is InChI=1S/C27H38N3O2P.C2H6/c1-5-7-12-30(17-22-14-24(31)10-11-26(22)33)25-15-21(16-28-19(25)4)27(32)29-23-9-8-20(13-23)18(3)6-2;1-2/h10-11,14-16,20,23,31H,3,5-9,12-13,17,33H2,1-2,4H3,(H,29,32);1-2H3. The van der Waals surface area contributed by atoms with Crippen LogP contribution in [0.1, 0.15) is 87.8 Å². The third-order valence-electron chi connectivity index (χ3n) is 6.73. The van der Waals surface area contributed by atoms with E-state index in [1.54, 1.807) is 18.3 Å². The lowest BCUT2D eigenvalue weighted by molar-refractivity contribution is 0.0937. The molecule has 6 heteroatoms. The van der Waals surface area contributed by atoms with Crippen molar-refractivity contribution in [2.24, 2.45) is 5.92 Å². The van der Waals surface area contributed by atoms with E-state index in [9.17, 15) is 9.90 Å². The number of rotatable bonds is 10. The summed E-state index contributed by atoms with van der Waals surface area (Å²) in [7, 11) is 2.74. The zero-order valence-corrected chi connectivity index (χ0v) is 23.4. The molecule has 1 fully saturated rings. The largest absolute Gasteiger partial charge is 0.508 e. The van der Waals surface area contributed by atoms with Crippen LogP contribution in [-0.2, 0) is 6.54 Å². The van der Waals surface area contributed by atoms with Crippen molar-refractivity contribution >= 4 is 26.1 Å². The molecule has 2 N–H and O–H groups in total. The fourth-order valence-corrected chi connectivity index (χ4v) is 4.85. The molecule has 0 saturated heterocycles. The maximum atomic E-state index is 13.1. The molecular weight excluding hydrogens is 453 g/mol. The molecule has 192 valence electrons. The molecule has 1 aromatic heterocycles. The Balaban J connectivity index is 0.00000210. The molecule has 5 nitrogen and oxygen atoms in total. The Labute approximate surface area is 214 Å². The Morgan fingerprint density at radius 1 is 1.26 bits per heavy atom. The first-order chi connectivity index (χ1) is 16.8. The third kappa shape index (κ3) is 8.07. The van der Waals surface area contributed by atoms with Crippen LogP contribution in [0.2, 0.25) is 0 Å². The summed E-state index contributed by atoms with van der Waals surface area (Å²) in [6.45, 7) is 16.0. The Kier molecular flexibility index (Phi) is 11.7. The van der Waals surface area contributed by atoms with Crippen LogP contribution in [0.15, 0.2) is 42.6 Å². The van der Waals surface area contributed by atoms with Gasteiger partial charge in [0, 0.05) is 25.3 Å². The van der Waals surface area contributed by atoms with Crippen LogP contribution in [-0.4, -0.2) is 28.6 Å². The number of nitrogens with zero attached hydrogens (tertiary/aromatic N) is 2. The van der Waals surface area contributed by atoms with Crippen molar-refractivity contribution in [3.8, 4) is 5.75 Å². The summed E-state index contributed by atoms with van der Waals surface area (Å²) < 4.78 is 0. The van der Waals surface area contributed by atoms with Gasteiger partial charge in [0.2, 0.25) is 0 Å². The number of phenolic OH excluding ortho intramolecular Hbond substituents is 1. The first-order valence-corrected chi connectivity index (χ1v) is 13.7. The maximum absolute atomic E-state index is 13.1. The zero-order chi connectivity index (χ0) is 26.0. The summed E-state index contributed by atoms with van der Waals surface area (Å²) >= 11 is 0. The Morgan fingerprint density at radius 3 is 2.69 bits per heavy atom. The van der Waals surface area contributed by atoms with Crippen molar-refractivity contribution in [2.75, 3.05) is 11.4 Å². The van der Waals surface area contributed by atoms with Gasteiger partial charge in [-0.2, -0.15) is 0 Å². The van der Waals surface area contributed by atoms with Crippen LogP contribution in [0, 0.1) is 12.8 Å². The molecule has 3 rings (SSSR count). The Morgan fingerprint density at radius 2 is 2.00 bits per heavy atom. The van der Waals surface area contributed by atoms with E-state index in [4.69, 9.17) is 0 Å². The summed E-state index contributed by atoms with van der Waals surface area (Å²) in [6, 6.07) is 7.57. The van der Waals surface area contributed by atoms with Gasteiger partial charge >= 0.3 is 0 Å². The number of pyridine rings is 1. The Hall–Kier alpha value is -2.39. The van der Waals surface area contributed by atoms with Gasteiger partial charge in [-0.15, -0.1) is 9.24 Å². The average molecular weight is 498 g/mol. The highest BCUT2D eigenvalue weighted by molar-refractivity contribution is 7.27. The van der Waals surface area contributed by atoms with Crippen LogP contribution in [0.4, 0.5) is 5.69 Å². The molecule has 0 aliphatic heterocycles. The predicted molar refractivity (Wildman–Crippen MR) is 152 cm³/mol. The number of hydrogen-bond acceptors (Lipinski definition) is 4. The van der Waals surface area contributed by atoms with Gasteiger partial charge in [-0.25, -0.2) is 0 Å². The van der Waals surface area contributed by atoms with Crippen molar-refractivity contribution in [1.29, 1.82) is 0 Å². The molecule has 1 saturated carbocycles. The number of aryl methyl sites for hydroxylation is 1. The number of anilines is 1. The minimum Gasteiger partial charge on any atom is -0.508 e. The van der Waals surface area contributed by atoms with Crippen LogP contribution < -0.4 is 15.5 Å². The quantitative estimate of drug-likeness (QED) is 0.299. The van der Waals surface area contributed by atoms with Crippen LogP contribution in [0.5, 0.6) is 5.75 Å². The lowest BCUT2D eigenvalue weighted by Gasteiger charge is -2.27. The lowest BCUT2D eigenvalue weighted by Crippen LogP contribution is -2.33. The van der Waals surface area contributed by atoms with E-state index in [0.29, 0.717) is 18.0 Å². The second-order valence-electron chi connectivity index (χ2n) is 9.18. The molecule has 3 atom stereocenters. The highest BCUT2D eigenvalue weighted by atomic mass is 31.0. The molecule has 1 amide bonds. The number of carbonyl (C=O) groups is 1. The van der Waals surface area contributed by atoms with E-state index < -0.39 is 0 Å². The zero-order valence-electron chi connectivity index (χ0n) is 22.2. The number of carbonyl (C=O) groups excluding carboxylic acids is 1. The summed E-state index contributed by atoms with van der Waals surface area (Å²) in [5.41, 5.74) is 4.79. The highest BCUT2D eigenvalue weighted by Crippen LogP contribution is 2.32. The number of hydrogen-bond donors (Lipinski definition) is 2. The Bertz CT molecular complexity index is 992. The van der Waals surface area contributed by atoms with E-state index >= 15 is 0 Å². The molecule has 0 bridgehead atoms. The number of benzene rings is 1. The number of aromatic hydroxyl groups is 1. The van der Waals surface area contributed by atoms with Crippen molar-refractivity contribution in [2.45, 2.75) is 85.7 Å². The van der Waals surface area contributed by atoms with Gasteiger partial charge < -0.3 is 15.3 Å². The number of amides is 1. The van der Waals surface area contributed by atoms with Crippen LogP contribution in [0.25, 0.3) is 0 Å². The van der Waals surface area contributed by atoms with Gasteiger partial charge in [-0.05, 0) is 74.0 Å². The van der Waals surface area contributed by atoms with Crippen LogP contribution in [0.3, 0.4) is 0 Å². The van der Waals surface area contributed by atoms with Gasteiger partial charge in [-0.1, -0.05) is 52.3 Å². The molecule has 1 aliphatic rings. The minimum atomic E-state index is -0.0592. The second kappa shape index (κ2) is 14.2. The summed E-state index contributed by atoms with van der Waals surface area (Å²) in [4.78, 5) is 19.9. The topological polar surface area (TPSA) is 65.5 Å². The normalized spacial score (nSPS) is 16.9. The van der Waals surface area contributed by atoms with Crippen molar-refractivity contribution in [1.82, 2.24) is 10.3 Å². The van der Waals surface area contributed by atoms with E-state index in [1.165, 1.54) is 5.57 Å².